The SMILES string of the molecule is CC(C)CC(C)NC(c1ccc2c(c1)oc1ccc(Cl)cc12)C(F)(F)F. The Kier molecular flexibility index (Phi) is 5.22. The molecule has 6 heteroatoms. The predicted octanol–water partition coefficient (Wildman–Crippen LogP) is 6.87. The molecule has 0 saturated carbocycles. The molecule has 1 N–H and O–H groups in total. The molecule has 2 unspecified atom stereocenters. The van der Waals surface area contributed by atoms with E-state index in [1.54, 1.807) is 31.2 Å². The van der Waals surface area contributed by atoms with Crippen molar-refractivity contribution < 1.29 is 17.6 Å². The monoisotopic (exact) mass is 383 g/mol. The Balaban J connectivity index is 2.01. The van der Waals surface area contributed by atoms with Gasteiger partial charge >= 0.3 is 6.18 Å². The largest absolute Gasteiger partial charge is 0.456 e. The Hall–Kier alpha value is -1.72. The van der Waals surface area contributed by atoms with E-state index in [2.05, 4.69) is 5.32 Å². The van der Waals surface area contributed by atoms with Crippen LogP contribution in [0.25, 0.3) is 21.9 Å². The summed E-state index contributed by atoms with van der Waals surface area (Å²) in [4.78, 5) is 0. The highest BCUT2D eigenvalue weighted by Crippen LogP contribution is 2.37. The maximum absolute atomic E-state index is 13.7. The smallest absolute Gasteiger partial charge is 0.407 e. The maximum atomic E-state index is 13.7. The first kappa shape index (κ1) is 19.1. The van der Waals surface area contributed by atoms with E-state index in [0.717, 1.165) is 10.8 Å². The second-order valence-electron chi connectivity index (χ2n) is 7.17. The Bertz CT molecular complexity index is 916. The number of alkyl halides is 3. The highest BCUT2D eigenvalue weighted by molar-refractivity contribution is 6.31. The van der Waals surface area contributed by atoms with Gasteiger partial charge in [0.25, 0.3) is 0 Å². The van der Waals surface area contributed by atoms with E-state index in [1.165, 1.54) is 12.1 Å². The lowest BCUT2D eigenvalue weighted by Crippen LogP contribution is -2.39. The molecule has 0 aliphatic rings. The number of rotatable bonds is 5. The van der Waals surface area contributed by atoms with Crippen molar-refractivity contribution in [3.05, 3.63) is 47.0 Å². The summed E-state index contributed by atoms with van der Waals surface area (Å²) in [6.45, 7) is 5.76. The number of benzene rings is 2. The zero-order chi connectivity index (χ0) is 19.1. The molecule has 3 aromatic rings. The Morgan fingerprint density at radius 1 is 1.00 bits per heavy atom. The molecule has 1 aromatic heterocycles. The minimum Gasteiger partial charge on any atom is -0.456 e. The molecule has 2 aromatic carbocycles. The molecule has 0 aliphatic carbocycles. The minimum atomic E-state index is -4.39. The van der Waals surface area contributed by atoms with E-state index in [1.807, 2.05) is 13.8 Å². The van der Waals surface area contributed by atoms with E-state index in [9.17, 15) is 13.2 Å². The summed E-state index contributed by atoms with van der Waals surface area (Å²) in [7, 11) is 0. The lowest BCUT2D eigenvalue weighted by molar-refractivity contribution is -0.159. The van der Waals surface area contributed by atoms with E-state index in [-0.39, 0.29) is 11.6 Å². The molecule has 1 heterocycles. The zero-order valence-corrected chi connectivity index (χ0v) is 15.6. The van der Waals surface area contributed by atoms with Gasteiger partial charge in [-0.3, -0.25) is 5.32 Å². The van der Waals surface area contributed by atoms with Gasteiger partial charge in [-0.25, -0.2) is 0 Å². The van der Waals surface area contributed by atoms with Gasteiger partial charge in [0.15, 0.2) is 0 Å². The molecular formula is C20H21ClF3NO. The third kappa shape index (κ3) is 3.99. The average molecular weight is 384 g/mol. The van der Waals surface area contributed by atoms with E-state index < -0.39 is 12.2 Å². The molecule has 0 bridgehead atoms. The number of nitrogens with one attached hydrogen (secondary N) is 1. The van der Waals surface area contributed by atoms with Crippen LogP contribution in [0.1, 0.15) is 38.8 Å². The standard InChI is InChI=1S/C20H21ClF3NO/c1-11(2)8-12(3)25-19(20(22,23)24)13-4-6-15-16-10-14(21)5-7-17(16)26-18(15)9-13/h4-7,9-12,19,25H,8H2,1-3H3. The second kappa shape index (κ2) is 7.12. The van der Waals surface area contributed by atoms with Gasteiger partial charge < -0.3 is 4.42 Å². The minimum absolute atomic E-state index is 0.144. The summed E-state index contributed by atoms with van der Waals surface area (Å²) in [5.74, 6) is 0.314. The molecule has 140 valence electrons. The summed E-state index contributed by atoms with van der Waals surface area (Å²) in [6, 6.07) is 7.82. The number of hydrogen-bond acceptors (Lipinski definition) is 2. The number of fused-ring (bicyclic) bond motifs is 3. The van der Waals surface area contributed by atoms with Crippen molar-refractivity contribution >= 4 is 33.5 Å². The normalized spacial score (nSPS) is 15.1. The van der Waals surface area contributed by atoms with Crippen LogP contribution in [0.2, 0.25) is 5.02 Å². The van der Waals surface area contributed by atoms with E-state index in [0.29, 0.717) is 28.5 Å². The van der Waals surface area contributed by atoms with Crippen molar-refractivity contribution in [2.45, 2.75) is 45.5 Å². The maximum Gasteiger partial charge on any atom is 0.407 e. The summed E-state index contributed by atoms with van der Waals surface area (Å²) in [5.41, 5.74) is 1.17. The van der Waals surface area contributed by atoms with Crippen LogP contribution in [-0.2, 0) is 0 Å². The van der Waals surface area contributed by atoms with Crippen molar-refractivity contribution in [2.24, 2.45) is 5.92 Å². The topological polar surface area (TPSA) is 25.2 Å². The molecule has 2 nitrogen and oxygen atoms in total. The van der Waals surface area contributed by atoms with Gasteiger partial charge in [-0.2, -0.15) is 13.2 Å². The van der Waals surface area contributed by atoms with Crippen LogP contribution in [0.3, 0.4) is 0 Å². The highest BCUT2D eigenvalue weighted by atomic mass is 35.5. The molecule has 26 heavy (non-hydrogen) atoms. The van der Waals surface area contributed by atoms with Crippen LogP contribution in [0.4, 0.5) is 13.2 Å². The van der Waals surface area contributed by atoms with E-state index in [4.69, 9.17) is 16.0 Å². The Morgan fingerprint density at radius 3 is 2.38 bits per heavy atom. The van der Waals surface area contributed by atoms with Gasteiger partial charge in [0.05, 0.1) is 0 Å². The van der Waals surface area contributed by atoms with Crippen LogP contribution >= 0.6 is 11.6 Å². The van der Waals surface area contributed by atoms with Crippen LogP contribution < -0.4 is 5.32 Å². The summed E-state index contributed by atoms with van der Waals surface area (Å²) >= 11 is 6.02. The third-order valence-electron chi connectivity index (χ3n) is 4.39. The lowest BCUT2D eigenvalue weighted by atomic mass is 10.0. The predicted molar refractivity (Wildman–Crippen MR) is 99.6 cm³/mol. The molecule has 0 spiro atoms. The van der Waals surface area contributed by atoms with Gasteiger partial charge in [0.1, 0.15) is 17.2 Å². The fourth-order valence-electron chi connectivity index (χ4n) is 3.38. The highest BCUT2D eigenvalue weighted by Gasteiger charge is 2.41. The van der Waals surface area contributed by atoms with Crippen LogP contribution in [0.15, 0.2) is 40.8 Å². The fourth-order valence-corrected chi connectivity index (χ4v) is 3.56. The van der Waals surface area contributed by atoms with Crippen LogP contribution in [0.5, 0.6) is 0 Å². The zero-order valence-electron chi connectivity index (χ0n) is 14.8. The van der Waals surface area contributed by atoms with Crippen molar-refractivity contribution in [3.63, 3.8) is 0 Å². The van der Waals surface area contributed by atoms with Crippen molar-refractivity contribution in [3.8, 4) is 0 Å². The quantitative estimate of drug-likeness (QED) is 0.520. The number of halogens is 4. The van der Waals surface area contributed by atoms with Crippen molar-refractivity contribution in [2.75, 3.05) is 0 Å². The molecule has 3 rings (SSSR count). The lowest BCUT2D eigenvalue weighted by Gasteiger charge is -2.26. The number of furan rings is 1. The molecule has 0 amide bonds. The summed E-state index contributed by atoms with van der Waals surface area (Å²) < 4.78 is 46.7. The van der Waals surface area contributed by atoms with Gasteiger partial charge in [0, 0.05) is 21.8 Å². The second-order valence-corrected chi connectivity index (χ2v) is 7.61. The van der Waals surface area contributed by atoms with Gasteiger partial charge in [0.2, 0.25) is 0 Å². The van der Waals surface area contributed by atoms with Gasteiger partial charge in [-0.1, -0.05) is 37.6 Å². The van der Waals surface area contributed by atoms with Crippen molar-refractivity contribution in [1.82, 2.24) is 5.32 Å². The Morgan fingerprint density at radius 2 is 1.73 bits per heavy atom. The number of hydrogen-bond donors (Lipinski definition) is 1. The molecule has 0 fully saturated rings. The molecule has 0 aliphatic heterocycles. The fraction of sp³-hybridized carbons (Fsp3) is 0.400. The summed E-state index contributed by atoms with van der Waals surface area (Å²) in [6.07, 6.45) is -3.73. The van der Waals surface area contributed by atoms with Crippen LogP contribution in [0, 0.1) is 5.92 Å². The average Bonchev–Trinajstić information content (AvgIpc) is 2.87. The van der Waals surface area contributed by atoms with Crippen LogP contribution in [-0.4, -0.2) is 12.2 Å². The first-order chi connectivity index (χ1) is 12.1. The molecule has 0 radical (unpaired) electrons. The third-order valence-corrected chi connectivity index (χ3v) is 4.63. The summed E-state index contributed by atoms with van der Waals surface area (Å²) in [5, 5.41) is 4.83. The van der Waals surface area contributed by atoms with E-state index >= 15 is 0 Å². The van der Waals surface area contributed by atoms with Gasteiger partial charge in [-0.15, -0.1) is 0 Å². The first-order valence-corrected chi connectivity index (χ1v) is 8.97. The first-order valence-electron chi connectivity index (χ1n) is 8.59. The van der Waals surface area contributed by atoms with Gasteiger partial charge in [-0.05, 0) is 49.1 Å². The van der Waals surface area contributed by atoms with Crippen molar-refractivity contribution in [1.29, 1.82) is 0 Å². The molecule has 0 saturated heterocycles. The molecular weight excluding hydrogens is 363 g/mol. The molecule has 2 atom stereocenters. The Labute approximate surface area is 155 Å².